The third-order valence-corrected chi connectivity index (χ3v) is 5.36. The van der Waals surface area contributed by atoms with Gasteiger partial charge in [0, 0.05) is 19.4 Å². The number of guanidine groups is 1. The molecule has 0 saturated heterocycles. The SMILES string of the molecule is CC(NC(=O)C(Cc1ccc(O)cc1)NC(=O)C(N)CCCN=C(N)N)C(=O)NC(CCC(N)=O)C(=O)O. The van der Waals surface area contributed by atoms with Gasteiger partial charge in [0.2, 0.25) is 23.6 Å². The molecule has 0 bridgehead atoms. The van der Waals surface area contributed by atoms with Crippen molar-refractivity contribution in [3.8, 4) is 5.75 Å². The van der Waals surface area contributed by atoms with Crippen molar-refractivity contribution in [2.45, 2.75) is 63.2 Å². The summed E-state index contributed by atoms with van der Waals surface area (Å²) in [6, 6.07) is 1.24. The molecular weight excluding hydrogens is 500 g/mol. The average molecular weight is 537 g/mol. The molecule has 0 aliphatic heterocycles. The van der Waals surface area contributed by atoms with Gasteiger partial charge in [-0.05, 0) is 43.9 Å². The first-order valence-corrected chi connectivity index (χ1v) is 11.8. The van der Waals surface area contributed by atoms with Crippen LogP contribution in [0.1, 0.15) is 38.2 Å². The van der Waals surface area contributed by atoms with Crippen LogP contribution in [0.4, 0.5) is 0 Å². The van der Waals surface area contributed by atoms with Crippen LogP contribution in [0.15, 0.2) is 29.3 Å². The molecule has 0 fully saturated rings. The highest BCUT2D eigenvalue weighted by Gasteiger charge is 2.28. The van der Waals surface area contributed by atoms with Gasteiger partial charge in [0.05, 0.1) is 6.04 Å². The average Bonchev–Trinajstić information content (AvgIpc) is 2.84. The number of nitrogens with one attached hydrogen (secondary N) is 3. The van der Waals surface area contributed by atoms with Crippen LogP contribution < -0.4 is 38.9 Å². The lowest BCUT2D eigenvalue weighted by atomic mass is 10.0. The van der Waals surface area contributed by atoms with E-state index in [9.17, 15) is 34.2 Å². The number of aliphatic carboxylic acids is 1. The quantitative estimate of drug-likeness (QED) is 0.0591. The number of hydrogen-bond acceptors (Lipinski definition) is 8. The zero-order chi connectivity index (χ0) is 28.8. The number of hydrogen-bond donors (Lipinski definition) is 9. The molecule has 15 heteroatoms. The van der Waals surface area contributed by atoms with Crippen molar-refractivity contribution in [1.82, 2.24) is 16.0 Å². The number of carbonyl (C=O) groups excluding carboxylic acids is 4. The molecule has 0 heterocycles. The minimum absolute atomic E-state index is 0.00325. The Bertz CT molecular complexity index is 1010. The lowest BCUT2D eigenvalue weighted by molar-refractivity contribution is -0.142. The van der Waals surface area contributed by atoms with Crippen molar-refractivity contribution >= 4 is 35.6 Å². The molecule has 0 aliphatic rings. The number of aromatic hydroxyl groups is 1. The monoisotopic (exact) mass is 536 g/mol. The molecule has 0 spiro atoms. The smallest absolute Gasteiger partial charge is 0.326 e. The molecule has 4 amide bonds. The van der Waals surface area contributed by atoms with Crippen molar-refractivity contribution in [2.75, 3.05) is 6.54 Å². The molecule has 4 unspecified atom stereocenters. The lowest BCUT2D eigenvalue weighted by Gasteiger charge is -2.23. The number of aliphatic imine (C=N–C) groups is 1. The van der Waals surface area contributed by atoms with Crippen molar-refractivity contribution in [2.24, 2.45) is 27.9 Å². The minimum atomic E-state index is -1.39. The van der Waals surface area contributed by atoms with E-state index in [1.54, 1.807) is 12.1 Å². The third kappa shape index (κ3) is 12.0. The van der Waals surface area contributed by atoms with Crippen LogP contribution in [0.25, 0.3) is 0 Å². The van der Waals surface area contributed by atoms with Gasteiger partial charge in [-0.15, -0.1) is 0 Å². The maximum Gasteiger partial charge on any atom is 0.326 e. The minimum Gasteiger partial charge on any atom is -0.508 e. The highest BCUT2D eigenvalue weighted by atomic mass is 16.4. The van der Waals surface area contributed by atoms with E-state index in [1.807, 2.05) is 0 Å². The van der Waals surface area contributed by atoms with Crippen LogP contribution in [0.3, 0.4) is 0 Å². The second-order valence-corrected chi connectivity index (χ2v) is 8.62. The summed E-state index contributed by atoms with van der Waals surface area (Å²) in [4.78, 5) is 64.4. The first kappa shape index (κ1) is 31.6. The standard InChI is InChI=1S/C23H36N8O7/c1-12(19(34)30-16(22(37)38)8-9-18(25)33)29-21(36)17(11-13-4-6-14(32)7-5-13)31-20(35)15(24)3-2-10-28-23(26)27/h4-7,12,15-17,32H,2-3,8-11,24H2,1H3,(H2,25,33)(H,29,36)(H,30,34)(H,31,35)(H,37,38)(H4,26,27,28). The van der Waals surface area contributed by atoms with Crippen molar-refractivity contribution in [3.05, 3.63) is 29.8 Å². The van der Waals surface area contributed by atoms with Crippen LogP contribution in [0.5, 0.6) is 5.75 Å². The second kappa shape index (κ2) is 15.7. The fourth-order valence-electron chi connectivity index (χ4n) is 3.23. The summed E-state index contributed by atoms with van der Waals surface area (Å²) in [7, 11) is 0. The topological polar surface area (TPSA) is 278 Å². The largest absolute Gasteiger partial charge is 0.508 e. The number of benzene rings is 1. The zero-order valence-electron chi connectivity index (χ0n) is 21.1. The number of carboxylic acids is 1. The summed E-state index contributed by atoms with van der Waals surface area (Å²) in [6.07, 6.45) is 0.168. The van der Waals surface area contributed by atoms with Gasteiger partial charge >= 0.3 is 5.97 Å². The van der Waals surface area contributed by atoms with E-state index in [1.165, 1.54) is 19.1 Å². The molecule has 4 atom stereocenters. The van der Waals surface area contributed by atoms with Gasteiger partial charge in [0.25, 0.3) is 0 Å². The number of primary amides is 1. The summed E-state index contributed by atoms with van der Waals surface area (Å²) < 4.78 is 0. The first-order valence-electron chi connectivity index (χ1n) is 11.8. The number of carbonyl (C=O) groups is 5. The molecule has 0 radical (unpaired) electrons. The molecule has 1 aromatic carbocycles. The van der Waals surface area contributed by atoms with E-state index in [0.717, 1.165) is 0 Å². The van der Waals surface area contributed by atoms with E-state index in [-0.39, 0.29) is 43.9 Å². The molecule has 0 aromatic heterocycles. The Morgan fingerprint density at radius 1 is 0.895 bits per heavy atom. The van der Waals surface area contributed by atoms with E-state index in [2.05, 4.69) is 20.9 Å². The van der Waals surface area contributed by atoms with E-state index >= 15 is 0 Å². The number of nitrogens with two attached hydrogens (primary N) is 4. The van der Waals surface area contributed by atoms with Crippen LogP contribution in [-0.2, 0) is 30.4 Å². The van der Waals surface area contributed by atoms with Crippen LogP contribution in [0.2, 0.25) is 0 Å². The van der Waals surface area contributed by atoms with Crippen LogP contribution >= 0.6 is 0 Å². The van der Waals surface area contributed by atoms with E-state index < -0.39 is 53.8 Å². The number of phenols is 1. The highest BCUT2D eigenvalue weighted by Crippen LogP contribution is 2.12. The first-order chi connectivity index (χ1) is 17.8. The van der Waals surface area contributed by atoms with Gasteiger partial charge in [-0.2, -0.15) is 0 Å². The lowest BCUT2D eigenvalue weighted by Crippen LogP contribution is -2.56. The number of amides is 4. The van der Waals surface area contributed by atoms with Crippen molar-refractivity contribution in [1.29, 1.82) is 0 Å². The van der Waals surface area contributed by atoms with Gasteiger partial charge in [0.15, 0.2) is 5.96 Å². The molecule has 1 rings (SSSR count). The summed E-state index contributed by atoms with van der Waals surface area (Å²) >= 11 is 0. The van der Waals surface area contributed by atoms with E-state index in [4.69, 9.17) is 22.9 Å². The van der Waals surface area contributed by atoms with Gasteiger partial charge in [-0.1, -0.05) is 12.1 Å². The zero-order valence-corrected chi connectivity index (χ0v) is 21.1. The molecular formula is C23H36N8O7. The molecule has 210 valence electrons. The number of phenolic OH excluding ortho intramolecular Hbond substituents is 1. The third-order valence-electron chi connectivity index (χ3n) is 5.36. The molecule has 0 saturated carbocycles. The summed E-state index contributed by atoms with van der Waals surface area (Å²) in [5, 5.41) is 26.0. The Hall–Kier alpha value is -4.40. The Morgan fingerprint density at radius 2 is 1.50 bits per heavy atom. The van der Waals surface area contributed by atoms with Crippen LogP contribution in [0, 0.1) is 0 Å². The Morgan fingerprint density at radius 3 is 2.05 bits per heavy atom. The van der Waals surface area contributed by atoms with Gasteiger partial charge in [-0.3, -0.25) is 24.2 Å². The molecule has 15 nitrogen and oxygen atoms in total. The normalized spacial score (nSPS) is 13.7. The van der Waals surface area contributed by atoms with Crippen molar-refractivity contribution in [3.63, 3.8) is 0 Å². The molecule has 38 heavy (non-hydrogen) atoms. The highest BCUT2D eigenvalue weighted by molar-refractivity contribution is 5.94. The summed E-state index contributed by atoms with van der Waals surface area (Å²) in [5.41, 5.74) is 22.1. The Labute approximate surface area is 219 Å². The number of nitrogens with zero attached hydrogens (tertiary/aromatic N) is 1. The van der Waals surface area contributed by atoms with Crippen LogP contribution in [-0.4, -0.2) is 76.5 Å². The number of carboxylic acid groups (broad SMARTS) is 1. The van der Waals surface area contributed by atoms with Crippen molar-refractivity contribution < 1.29 is 34.2 Å². The summed E-state index contributed by atoms with van der Waals surface area (Å²) in [5.74, 6) is -4.35. The second-order valence-electron chi connectivity index (χ2n) is 8.62. The fourth-order valence-corrected chi connectivity index (χ4v) is 3.23. The van der Waals surface area contributed by atoms with Gasteiger partial charge in [0.1, 0.15) is 23.9 Å². The Kier molecular flexibility index (Phi) is 13.0. The number of rotatable bonds is 16. The maximum atomic E-state index is 13.0. The van der Waals surface area contributed by atoms with Gasteiger partial charge < -0.3 is 49.1 Å². The van der Waals surface area contributed by atoms with Gasteiger partial charge in [-0.25, -0.2) is 4.79 Å². The maximum absolute atomic E-state index is 13.0. The Balaban J connectivity index is 2.90. The fraction of sp³-hybridized carbons (Fsp3) is 0.478. The molecule has 0 aliphatic carbocycles. The molecule has 1 aromatic rings. The predicted octanol–water partition coefficient (Wildman–Crippen LogP) is -2.86. The van der Waals surface area contributed by atoms with E-state index in [0.29, 0.717) is 12.0 Å². The predicted molar refractivity (Wildman–Crippen MR) is 137 cm³/mol. The summed E-state index contributed by atoms with van der Waals surface area (Å²) in [6.45, 7) is 1.60. The molecule has 13 N–H and O–H groups in total.